The summed E-state index contributed by atoms with van der Waals surface area (Å²) >= 11 is 0. The van der Waals surface area contributed by atoms with E-state index in [4.69, 9.17) is 4.98 Å². The lowest BCUT2D eigenvalue weighted by atomic mass is 9.90. The van der Waals surface area contributed by atoms with E-state index in [1.54, 1.807) is 6.92 Å². The highest BCUT2D eigenvalue weighted by atomic mass is 16.1. The molecule has 0 spiro atoms. The van der Waals surface area contributed by atoms with Gasteiger partial charge in [0, 0.05) is 39.0 Å². The highest BCUT2D eigenvalue weighted by molar-refractivity contribution is 5.72. The van der Waals surface area contributed by atoms with Gasteiger partial charge in [-0.15, -0.1) is 0 Å². The van der Waals surface area contributed by atoms with Crippen LogP contribution in [-0.2, 0) is 17.8 Å². The number of rotatable bonds is 7. The molecule has 0 saturated heterocycles. The van der Waals surface area contributed by atoms with Crippen molar-refractivity contribution in [1.29, 1.82) is 0 Å². The Morgan fingerprint density at radius 3 is 2.88 bits per heavy atom. The average Bonchev–Trinajstić information content (AvgIpc) is 2.65. The lowest BCUT2D eigenvalue weighted by molar-refractivity contribution is -0.118. The van der Waals surface area contributed by atoms with E-state index in [2.05, 4.69) is 34.3 Å². The quantitative estimate of drug-likeness (QED) is 0.778. The van der Waals surface area contributed by atoms with Gasteiger partial charge in [0.15, 0.2) is 0 Å². The van der Waals surface area contributed by atoms with E-state index in [9.17, 15) is 4.79 Å². The smallest absolute Gasteiger partial charge is 0.216 e. The number of pyridine rings is 2. The lowest BCUT2D eigenvalue weighted by Gasteiger charge is -2.35. The molecule has 5 nitrogen and oxygen atoms in total. The first-order valence-corrected chi connectivity index (χ1v) is 9.48. The van der Waals surface area contributed by atoms with E-state index >= 15 is 0 Å². The van der Waals surface area contributed by atoms with Gasteiger partial charge in [0.05, 0.1) is 17.4 Å². The van der Waals surface area contributed by atoms with Crippen LogP contribution in [0.1, 0.15) is 54.7 Å². The predicted octanol–water partition coefficient (Wildman–Crippen LogP) is 3.19. The number of aromatic nitrogens is 2. The Kier molecular flexibility index (Phi) is 6.34. The third-order valence-corrected chi connectivity index (χ3v) is 5.07. The van der Waals surface area contributed by atoms with Crippen molar-refractivity contribution < 1.29 is 4.79 Å². The highest BCUT2D eigenvalue weighted by Gasteiger charge is 2.27. The summed E-state index contributed by atoms with van der Waals surface area (Å²) in [5.41, 5.74) is 4.92. The summed E-state index contributed by atoms with van der Waals surface area (Å²) in [5, 5.41) is 2.90. The topological polar surface area (TPSA) is 58.1 Å². The molecule has 138 valence electrons. The van der Waals surface area contributed by atoms with Gasteiger partial charge in [-0.1, -0.05) is 12.1 Å². The van der Waals surface area contributed by atoms with Gasteiger partial charge in [-0.25, -0.2) is 0 Å². The second kappa shape index (κ2) is 8.90. The number of nitrogens with one attached hydrogen (secondary N) is 1. The maximum Gasteiger partial charge on any atom is 0.216 e. The molecule has 5 heteroatoms. The first kappa shape index (κ1) is 18.5. The first-order valence-electron chi connectivity index (χ1n) is 9.48. The molecule has 1 aliphatic carbocycles. The molecule has 2 aromatic heterocycles. The summed E-state index contributed by atoms with van der Waals surface area (Å²) in [7, 11) is 0. The van der Waals surface area contributed by atoms with Gasteiger partial charge in [-0.3, -0.25) is 19.7 Å². The van der Waals surface area contributed by atoms with Crippen LogP contribution in [0.2, 0.25) is 0 Å². The number of hydrogen-bond acceptors (Lipinski definition) is 4. The van der Waals surface area contributed by atoms with Gasteiger partial charge in [-0.05, 0) is 55.9 Å². The normalized spacial score (nSPS) is 16.3. The zero-order chi connectivity index (χ0) is 18.4. The first-order chi connectivity index (χ1) is 12.6. The van der Waals surface area contributed by atoms with Gasteiger partial charge >= 0.3 is 0 Å². The molecular weight excluding hydrogens is 324 g/mol. The second-order valence-electron chi connectivity index (χ2n) is 7.03. The van der Waals surface area contributed by atoms with Crippen molar-refractivity contribution in [2.75, 3.05) is 13.1 Å². The summed E-state index contributed by atoms with van der Waals surface area (Å²) in [6, 6.07) is 8.66. The summed E-state index contributed by atoms with van der Waals surface area (Å²) in [4.78, 5) is 22.9. The van der Waals surface area contributed by atoms with Gasteiger partial charge in [0.2, 0.25) is 5.91 Å². The predicted molar refractivity (Wildman–Crippen MR) is 103 cm³/mol. The average molecular weight is 352 g/mol. The van der Waals surface area contributed by atoms with Crippen molar-refractivity contribution in [3.05, 3.63) is 59.2 Å². The van der Waals surface area contributed by atoms with Crippen molar-refractivity contribution in [3.63, 3.8) is 0 Å². The maximum atomic E-state index is 11.1. The van der Waals surface area contributed by atoms with Crippen LogP contribution in [0.25, 0.3) is 0 Å². The Morgan fingerprint density at radius 1 is 1.27 bits per heavy atom. The van der Waals surface area contributed by atoms with E-state index in [1.807, 2.05) is 24.5 Å². The highest BCUT2D eigenvalue weighted by Crippen LogP contribution is 2.33. The third-order valence-electron chi connectivity index (χ3n) is 5.07. The molecule has 0 radical (unpaired) electrons. The molecule has 0 aromatic carbocycles. The van der Waals surface area contributed by atoms with Crippen LogP contribution >= 0.6 is 0 Å². The molecule has 1 amide bonds. The number of nitrogens with zero attached hydrogens (tertiary/aromatic N) is 3. The molecule has 1 N–H and O–H groups in total. The van der Waals surface area contributed by atoms with Crippen LogP contribution in [0.4, 0.5) is 0 Å². The van der Waals surface area contributed by atoms with Crippen LogP contribution in [0.15, 0.2) is 36.7 Å². The van der Waals surface area contributed by atoms with E-state index in [1.165, 1.54) is 23.2 Å². The summed E-state index contributed by atoms with van der Waals surface area (Å²) in [6.07, 6.45) is 8.11. The van der Waals surface area contributed by atoms with Gasteiger partial charge in [-0.2, -0.15) is 0 Å². The van der Waals surface area contributed by atoms with E-state index < -0.39 is 0 Å². The molecular formula is C21H28N4O. The van der Waals surface area contributed by atoms with Crippen LogP contribution in [0, 0.1) is 6.92 Å². The molecule has 2 aromatic rings. The minimum atomic E-state index is 0.0294. The van der Waals surface area contributed by atoms with Crippen molar-refractivity contribution in [3.8, 4) is 0 Å². The Labute approximate surface area is 155 Å². The molecule has 0 aliphatic heterocycles. The van der Waals surface area contributed by atoms with E-state index in [0.717, 1.165) is 38.0 Å². The number of aryl methyl sites for hydroxylation is 2. The fraction of sp³-hybridized carbons (Fsp3) is 0.476. The molecule has 0 saturated carbocycles. The van der Waals surface area contributed by atoms with Gasteiger partial charge < -0.3 is 5.32 Å². The standard InChI is InChI=1S/C21H28N4O/c1-16-7-4-11-23-19(16)15-25(14-6-13-22-17(2)26)20-10-3-8-18-9-5-12-24-21(18)20/h4-5,7,9,11-12,20H,3,6,8,10,13-15H2,1-2H3,(H,22,26)/t20-/m0/s1. The van der Waals surface area contributed by atoms with Crippen molar-refractivity contribution in [2.45, 2.75) is 52.1 Å². The molecule has 0 unspecified atom stereocenters. The van der Waals surface area contributed by atoms with Crippen molar-refractivity contribution in [1.82, 2.24) is 20.2 Å². The number of hydrogen-bond donors (Lipinski definition) is 1. The lowest BCUT2D eigenvalue weighted by Crippen LogP contribution is -2.34. The molecule has 3 rings (SSSR count). The van der Waals surface area contributed by atoms with Crippen LogP contribution < -0.4 is 5.32 Å². The molecule has 2 heterocycles. The van der Waals surface area contributed by atoms with Crippen molar-refractivity contribution in [2.24, 2.45) is 0 Å². The summed E-state index contributed by atoms with van der Waals surface area (Å²) < 4.78 is 0. The Hall–Kier alpha value is -2.27. The van der Waals surface area contributed by atoms with Crippen LogP contribution in [-0.4, -0.2) is 33.9 Å². The second-order valence-corrected chi connectivity index (χ2v) is 7.03. The molecule has 1 aliphatic rings. The minimum absolute atomic E-state index is 0.0294. The SMILES string of the molecule is CC(=O)NCCCN(Cc1ncccc1C)[C@H]1CCCc2cccnc21. The summed E-state index contributed by atoms with van der Waals surface area (Å²) in [5.74, 6) is 0.0294. The Balaban J connectivity index is 1.78. The third kappa shape index (κ3) is 4.67. The molecule has 0 fully saturated rings. The number of amides is 1. The number of fused-ring (bicyclic) bond motifs is 1. The zero-order valence-corrected chi connectivity index (χ0v) is 15.7. The van der Waals surface area contributed by atoms with Gasteiger partial charge in [0.25, 0.3) is 0 Å². The number of carbonyl (C=O) groups excluding carboxylic acids is 1. The van der Waals surface area contributed by atoms with Crippen molar-refractivity contribution >= 4 is 5.91 Å². The molecule has 0 bridgehead atoms. The summed E-state index contributed by atoms with van der Waals surface area (Å²) in [6.45, 7) is 6.11. The van der Waals surface area contributed by atoms with E-state index in [-0.39, 0.29) is 5.91 Å². The molecule has 1 atom stereocenters. The molecule has 26 heavy (non-hydrogen) atoms. The largest absolute Gasteiger partial charge is 0.356 e. The Morgan fingerprint density at radius 2 is 2.08 bits per heavy atom. The van der Waals surface area contributed by atoms with Crippen LogP contribution in [0.3, 0.4) is 0 Å². The fourth-order valence-electron chi connectivity index (χ4n) is 3.71. The number of carbonyl (C=O) groups is 1. The van der Waals surface area contributed by atoms with Gasteiger partial charge in [0.1, 0.15) is 0 Å². The zero-order valence-electron chi connectivity index (χ0n) is 15.7. The van der Waals surface area contributed by atoms with E-state index in [0.29, 0.717) is 12.6 Å². The van der Waals surface area contributed by atoms with Crippen LogP contribution in [0.5, 0.6) is 0 Å². The Bertz CT molecular complexity index is 746. The fourth-order valence-corrected chi connectivity index (χ4v) is 3.71. The minimum Gasteiger partial charge on any atom is -0.356 e. The monoisotopic (exact) mass is 352 g/mol. The maximum absolute atomic E-state index is 11.1.